The van der Waals surface area contributed by atoms with Gasteiger partial charge in [0.15, 0.2) is 5.13 Å². The number of fused-ring (bicyclic) bond motifs is 1. The molecule has 0 atom stereocenters. The van der Waals surface area contributed by atoms with Gasteiger partial charge in [-0.3, -0.25) is 9.69 Å². The average molecular weight is 326 g/mol. The lowest BCUT2D eigenvalue weighted by molar-refractivity contribution is -0.117. The highest BCUT2D eigenvalue weighted by Gasteiger charge is 2.20. The maximum Gasteiger partial charge on any atom is 0.233 e. The zero-order valence-corrected chi connectivity index (χ0v) is 14.0. The van der Waals surface area contributed by atoms with Gasteiger partial charge in [-0.25, -0.2) is 4.98 Å². The maximum absolute atomic E-state index is 12.5. The van der Waals surface area contributed by atoms with Gasteiger partial charge < -0.3 is 4.74 Å². The molecule has 0 bridgehead atoms. The molecule has 118 valence electrons. The number of amides is 1. The van der Waals surface area contributed by atoms with Gasteiger partial charge in [0.1, 0.15) is 5.75 Å². The SMILES string of the molecule is CCOc1ccc(N(C(=O)CC)c2nc3ccccc3s2)cc1. The summed E-state index contributed by atoms with van der Waals surface area (Å²) in [6.45, 7) is 4.42. The molecule has 1 heterocycles. The average Bonchev–Trinajstić information content (AvgIpc) is 3.00. The van der Waals surface area contributed by atoms with Crippen LogP contribution in [0.25, 0.3) is 10.2 Å². The predicted octanol–water partition coefficient (Wildman–Crippen LogP) is 4.77. The molecule has 0 saturated carbocycles. The van der Waals surface area contributed by atoms with Crippen LogP contribution in [0, 0.1) is 0 Å². The van der Waals surface area contributed by atoms with Crippen LogP contribution in [0.3, 0.4) is 0 Å². The highest BCUT2D eigenvalue weighted by Crippen LogP contribution is 2.34. The van der Waals surface area contributed by atoms with Crippen molar-refractivity contribution in [3.63, 3.8) is 0 Å². The molecule has 5 heteroatoms. The Labute approximate surface area is 139 Å². The zero-order chi connectivity index (χ0) is 16.2. The summed E-state index contributed by atoms with van der Waals surface area (Å²) >= 11 is 1.52. The van der Waals surface area contributed by atoms with E-state index in [1.807, 2.05) is 62.4 Å². The first-order valence-electron chi connectivity index (χ1n) is 7.64. The third-order valence-corrected chi connectivity index (χ3v) is 4.45. The highest BCUT2D eigenvalue weighted by atomic mass is 32.1. The molecule has 0 fully saturated rings. The summed E-state index contributed by atoms with van der Waals surface area (Å²) in [6, 6.07) is 15.5. The number of carbonyl (C=O) groups is 1. The number of para-hydroxylation sites is 1. The zero-order valence-electron chi connectivity index (χ0n) is 13.2. The third kappa shape index (κ3) is 3.19. The van der Waals surface area contributed by atoms with Crippen LogP contribution in [0.1, 0.15) is 20.3 Å². The largest absolute Gasteiger partial charge is 0.494 e. The van der Waals surface area contributed by atoms with Gasteiger partial charge in [0.2, 0.25) is 5.91 Å². The van der Waals surface area contributed by atoms with Crippen LogP contribution >= 0.6 is 11.3 Å². The molecule has 1 amide bonds. The van der Waals surface area contributed by atoms with Gasteiger partial charge in [0.25, 0.3) is 0 Å². The number of rotatable bonds is 5. The summed E-state index contributed by atoms with van der Waals surface area (Å²) in [5, 5.41) is 0.696. The number of hydrogen-bond acceptors (Lipinski definition) is 4. The van der Waals surface area contributed by atoms with Crippen molar-refractivity contribution < 1.29 is 9.53 Å². The lowest BCUT2D eigenvalue weighted by Crippen LogP contribution is -2.24. The molecule has 0 aliphatic heterocycles. The fraction of sp³-hybridized carbons (Fsp3) is 0.222. The number of carbonyl (C=O) groups excluding carboxylic acids is 1. The van der Waals surface area contributed by atoms with Crippen LogP contribution in [-0.2, 0) is 4.79 Å². The molecular formula is C18H18N2O2S. The van der Waals surface area contributed by atoms with Gasteiger partial charge in [0, 0.05) is 6.42 Å². The molecule has 0 unspecified atom stereocenters. The Balaban J connectivity index is 2.01. The molecule has 0 N–H and O–H groups in total. The number of nitrogens with zero attached hydrogens (tertiary/aromatic N) is 2. The van der Waals surface area contributed by atoms with Crippen molar-refractivity contribution in [2.45, 2.75) is 20.3 Å². The van der Waals surface area contributed by atoms with E-state index in [4.69, 9.17) is 4.74 Å². The molecule has 2 aromatic carbocycles. The fourth-order valence-electron chi connectivity index (χ4n) is 2.33. The molecule has 4 nitrogen and oxygen atoms in total. The predicted molar refractivity (Wildman–Crippen MR) is 94.7 cm³/mol. The van der Waals surface area contributed by atoms with Crippen LogP contribution in [0.5, 0.6) is 5.75 Å². The van der Waals surface area contributed by atoms with Crippen LogP contribution in [0.15, 0.2) is 48.5 Å². The van der Waals surface area contributed by atoms with E-state index < -0.39 is 0 Å². The van der Waals surface area contributed by atoms with E-state index in [-0.39, 0.29) is 5.91 Å². The van der Waals surface area contributed by atoms with E-state index in [0.29, 0.717) is 18.2 Å². The lowest BCUT2D eigenvalue weighted by Gasteiger charge is -2.19. The minimum absolute atomic E-state index is 0.0215. The monoisotopic (exact) mass is 326 g/mol. The van der Waals surface area contributed by atoms with Crippen molar-refractivity contribution in [1.29, 1.82) is 0 Å². The molecule has 0 aliphatic carbocycles. The van der Waals surface area contributed by atoms with Crippen LogP contribution in [0.2, 0.25) is 0 Å². The van der Waals surface area contributed by atoms with Crippen molar-refractivity contribution in [1.82, 2.24) is 4.98 Å². The molecule has 0 saturated heterocycles. The van der Waals surface area contributed by atoms with Crippen molar-refractivity contribution in [3.05, 3.63) is 48.5 Å². The van der Waals surface area contributed by atoms with Crippen molar-refractivity contribution in [3.8, 4) is 5.75 Å². The van der Waals surface area contributed by atoms with Crippen LogP contribution in [-0.4, -0.2) is 17.5 Å². The summed E-state index contributed by atoms with van der Waals surface area (Å²) < 4.78 is 6.54. The normalized spacial score (nSPS) is 10.7. The van der Waals surface area contributed by atoms with E-state index in [2.05, 4.69) is 4.98 Å². The molecule has 0 radical (unpaired) electrons. The Hall–Kier alpha value is -2.40. The van der Waals surface area contributed by atoms with Crippen molar-refractivity contribution in [2.75, 3.05) is 11.5 Å². The van der Waals surface area contributed by atoms with Gasteiger partial charge >= 0.3 is 0 Å². The topological polar surface area (TPSA) is 42.4 Å². The minimum Gasteiger partial charge on any atom is -0.494 e. The molecule has 3 aromatic rings. The highest BCUT2D eigenvalue weighted by molar-refractivity contribution is 7.22. The van der Waals surface area contributed by atoms with Crippen LogP contribution < -0.4 is 9.64 Å². The van der Waals surface area contributed by atoms with E-state index in [9.17, 15) is 4.79 Å². The summed E-state index contributed by atoms with van der Waals surface area (Å²) in [7, 11) is 0. The second-order valence-corrected chi connectivity index (χ2v) is 5.98. The summed E-state index contributed by atoms with van der Waals surface area (Å²) in [5.74, 6) is 0.817. The number of thiazole rings is 1. The van der Waals surface area contributed by atoms with E-state index in [0.717, 1.165) is 21.7 Å². The Morgan fingerprint density at radius 2 is 1.87 bits per heavy atom. The standard InChI is InChI=1S/C18H18N2O2S/c1-3-17(21)20(13-9-11-14(12-10-13)22-4-2)18-19-15-7-5-6-8-16(15)23-18/h5-12H,3-4H2,1-2H3. The fourth-order valence-corrected chi connectivity index (χ4v) is 3.34. The number of aromatic nitrogens is 1. The summed E-state index contributed by atoms with van der Waals surface area (Å²) in [4.78, 5) is 18.8. The van der Waals surface area contributed by atoms with Gasteiger partial charge in [-0.1, -0.05) is 30.4 Å². The second kappa shape index (κ2) is 6.79. The first kappa shape index (κ1) is 15.5. The molecule has 1 aromatic heterocycles. The minimum atomic E-state index is 0.0215. The van der Waals surface area contributed by atoms with Gasteiger partial charge in [0.05, 0.1) is 22.5 Å². The number of anilines is 2. The van der Waals surface area contributed by atoms with Crippen molar-refractivity contribution >= 4 is 38.3 Å². The van der Waals surface area contributed by atoms with Crippen LogP contribution in [0.4, 0.5) is 10.8 Å². The Kier molecular flexibility index (Phi) is 4.57. The first-order chi connectivity index (χ1) is 11.2. The first-order valence-corrected chi connectivity index (χ1v) is 8.46. The Morgan fingerprint density at radius 1 is 1.13 bits per heavy atom. The third-order valence-electron chi connectivity index (χ3n) is 3.43. The Bertz CT molecular complexity index is 778. The number of benzene rings is 2. The molecule has 23 heavy (non-hydrogen) atoms. The van der Waals surface area contributed by atoms with Gasteiger partial charge in [-0.05, 0) is 43.3 Å². The number of hydrogen-bond donors (Lipinski definition) is 0. The molecule has 0 aliphatic rings. The second-order valence-electron chi connectivity index (χ2n) is 4.97. The number of ether oxygens (including phenoxy) is 1. The maximum atomic E-state index is 12.5. The smallest absolute Gasteiger partial charge is 0.233 e. The van der Waals surface area contributed by atoms with E-state index in [1.54, 1.807) is 4.90 Å². The lowest BCUT2D eigenvalue weighted by atomic mass is 10.2. The van der Waals surface area contributed by atoms with Gasteiger partial charge in [-0.2, -0.15) is 0 Å². The Morgan fingerprint density at radius 3 is 2.52 bits per heavy atom. The molecule has 3 rings (SSSR count). The van der Waals surface area contributed by atoms with Crippen molar-refractivity contribution in [2.24, 2.45) is 0 Å². The van der Waals surface area contributed by atoms with E-state index >= 15 is 0 Å². The van der Waals surface area contributed by atoms with E-state index in [1.165, 1.54) is 11.3 Å². The molecular weight excluding hydrogens is 308 g/mol. The molecule has 0 spiro atoms. The summed E-state index contributed by atoms with van der Waals surface area (Å²) in [6.07, 6.45) is 0.420. The van der Waals surface area contributed by atoms with Gasteiger partial charge in [-0.15, -0.1) is 0 Å². The quantitative estimate of drug-likeness (QED) is 0.678. The summed E-state index contributed by atoms with van der Waals surface area (Å²) in [5.41, 5.74) is 1.71.